The molecule has 0 radical (unpaired) electrons. The van der Waals surface area contributed by atoms with E-state index in [1.54, 1.807) is 24.3 Å². The number of rotatable bonds is 16. The summed E-state index contributed by atoms with van der Waals surface area (Å²) < 4.78 is 53.9. The Morgan fingerprint density at radius 2 is 1.59 bits per heavy atom. The molecular weight excluding hydrogens is 897 g/mol. The predicted molar refractivity (Wildman–Crippen MR) is 261 cm³/mol. The van der Waals surface area contributed by atoms with Gasteiger partial charge in [0.15, 0.2) is 6.29 Å². The summed E-state index contributed by atoms with van der Waals surface area (Å²) in [4.78, 5) is 44.0. The summed E-state index contributed by atoms with van der Waals surface area (Å²) in [5.41, 5.74) is 5.87. The summed E-state index contributed by atoms with van der Waals surface area (Å²) in [6.45, 7) is 14.4. The van der Waals surface area contributed by atoms with E-state index in [-0.39, 0.29) is 36.4 Å². The van der Waals surface area contributed by atoms with Crippen molar-refractivity contribution in [3.8, 4) is 22.6 Å². The fourth-order valence-electron chi connectivity index (χ4n) is 10.9. The van der Waals surface area contributed by atoms with Gasteiger partial charge in [-0.25, -0.2) is 8.78 Å². The van der Waals surface area contributed by atoms with Gasteiger partial charge in [-0.05, 0) is 119 Å². The summed E-state index contributed by atoms with van der Waals surface area (Å²) in [6, 6.07) is 18.3. The summed E-state index contributed by atoms with van der Waals surface area (Å²) >= 11 is 0. The number of carbonyl (C=O) groups is 3. The molecule has 2 fully saturated rings. The Morgan fingerprint density at radius 1 is 0.843 bits per heavy atom. The van der Waals surface area contributed by atoms with Crippen LogP contribution in [0.25, 0.3) is 32.8 Å². The number of nitrogens with zero attached hydrogens (tertiary/aromatic N) is 6. The smallest absolute Gasteiger partial charge is 0.255 e. The van der Waals surface area contributed by atoms with E-state index in [0.717, 1.165) is 95.3 Å². The number of hydrogen-bond acceptors (Lipinski definition) is 10. The number of fused-ring (bicyclic) bond motifs is 4. The van der Waals surface area contributed by atoms with Gasteiger partial charge in [-0.15, -0.1) is 0 Å². The van der Waals surface area contributed by atoms with Gasteiger partial charge < -0.3 is 28.8 Å². The topological polar surface area (TPSA) is 144 Å². The van der Waals surface area contributed by atoms with Crippen LogP contribution in [0.3, 0.4) is 0 Å². The third-order valence-electron chi connectivity index (χ3n) is 14.2. The molecule has 2 unspecified atom stereocenters. The number of aliphatic hydroxyl groups excluding tert-OH is 1. The zero-order valence-corrected chi connectivity index (χ0v) is 40.4. The van der Waals surface area contributed by atoms with Crippen LogP contribution in [0.2, 0.25) is 0 Å². The van der Waals surface area contributed by atoms with Crippen molar-refractivity contribution < 1.29 is 42.5 Å². The zero-order valence-electron chi connectivity index (χ0n) is 40.4. The number of hydrogen-bond donors (Lipinski definition) is 2. The maximum atomic E-state index is 16.8. The van der Waals surface area contributed by atoms with Gasteiger partial charge in [0.1, 0.15) is 35.8 Å². The summed E-state index contributed by atoms with van der Waals surface area (Å²) in [6.07, 6.45) is 2.01. The van der Waals surface area contributed by atoms with Gasteiger partial charge >= 0.3 is 0 Å². The van der Waals surface area contributed by atoms with Crippen LogP contribution in [0.4, 0.5) is 8.78 Å². The zero-order chi connectivity index (χ0) is 48.8. The molecular formula is C54H61F2N7O7. The van der Waals surface area contributed by atoms with E-state index in [2.05, 4.69) is 19.7 Å². The Kier molecular flexibility index (Phi) is 13.3. The highest BCUT2D eigenvalue weighted by molar-refractivity contribution is 6.06. The molecule has 368 valence electrons. The minimum absolute atomic E-state index is 0.194. The van der Waals surface area contributed by atoms with Crippen molar-refractivity contribution in [2.75, 3.05) is 52.5 Å². The second kappa shape index (κ2) is 19.5. The average Bonchev–Trinajstić information content (AvgIpc) is 4.08. The monoisotopic (exact) mass is 957 g/mol. The second-order valence-corrected chi connectivity index (χ2v) is 19.9. The maximum Gasteiger partial charge on any atom is 0.255 e. The lowest BCUT2D eigenvalue weighted by molar-refractivity contribution is -0.173. The van der Waals surface area contributed by atoms with Gasteiger partial charge in [0.05, 0.1) is 35.7 Å². The molecule has 6 aromatic rings. The Bertz CT molecular complexity index is 2990. The SMILES string of the molecule is Cc1nn2c(c1-c1c(F)ccc3c(CCCOc4cccc5cc(F)ccc45)c(C(O)OC(C)(C)C)n(CCN4CCN(CCOc5cccc6c5CN(C5CCC(=O)NC5=O)C6=O)CC4)c13)CCC2. The van der Waals surface area contributed by atoms with Crippen LogP contribution in [0, 0.1) is 18.6 Å². The lowest BCUT2D eigenvalue weighted by Crippen LogP contribution is -2.52. The number of aryl methyl sites for hydroxylation is 3. The van der Waals surface area contributed by atoms with Crippen LogP contribution in [-0.2, 0) is 46.8 Å². The Hall–Kier alpha value is -6.20. The molecule has 4 aliphatic heterocycles. The van der Waals surface area contributed by atoms with Crippen molar-refractivity contribution in [1.29, 1.82) is 0 Å². The maximum absolute atomic E-state index is 16.8. The van der Waals surface area contributed by atoms with Crippen LogP contribution in [0.1, 0.15) is 91.3 Å². The first kappa shape index (κ1) is 47.5. The molecule has 16 heteroatoms. The summed E-state index contributed by atoms with van der Waals surface area (Å²) in [7, 11) is 0. The van der Waals surface area contributed by atoms with Crippen LogP contribution in [0.15, 0.2) is 66.7 Å². The lowest BCUT2D eigenvalue weighted by Gasteiger charge is -2.35. The first-order valence-electron chi connectivity index (χ1n) is 24.6. The van der Waals surface area contributed by atoms with Gasteiger partial charge in [-0.2, -0.15) is 5.10 Å². The normalized spacial score (nSPS) is 18.2. The highest BCUT2D eigenvalue weighted by atomic mass is 19.1. The number of nitrogens with one attached hydrogen (secondary N) is 1. The Morgan fingerprint density at radius 3 is 2.37 bits per heavy atom. The molecule has 0 saturated carbocycles. The molecule has 4 aromatic carbocycles. The lowest BCUT2D eigenvalue weighted by atomic mass is 9.97. The molecule has 0 aliphatic carbocycles. The number of ether oxygens (including phenoxy) is 3. The molecule has 4 aliphatic rings. The van der Waals surface area contributed by atoms with Crippen molar-refractivity contribution in [3.05, 3.63) is 112 Å². The minimum Gasteiger partial charge on any atom is -0.493 e. The number of imide groups is 1. The molecule has 2 atom stereocenters. The molecule has 10 rings (SSSR count). The van der Waals surface area contributed by atoms with Crippen LogP contribution < -0.4 is 14.8 Å². The van der Waals surface area contributed by atoms with Gasteiger partial charge in [0.2, 0.25) is 11.8 Å². The summed E-state index contributed by atoms with van der Waals surface area (Å²) in [5.74, 6) is -0.366. The van der Waals surface area contributed by atoms with Crippen LogP contribution >= 0.6 is 0 Å². The number of piperidine rings is 1. The molecule has 2 aromatic heterocycles. The predicted octanol–water partition coefficient (Wildman–Crippen LogP) is 7.47. The number of carbonyl (C=O) groups excluding carboxylic acids is 3. The number of benzene rings is 4. The summed E-state index contributed by atoms with van der Waals surface area (Å²) in [5, 5.41) is 21.8. The third-order valence-corrected chi connectivity index (χ3v) is 14.2. The molecule has 14 nitrogen and oxygen atoms in total. The van der Waals surface area contributed by atoms with Gasteiger partial charge in [0, 0.05) is 97.5 Å². The number of aromatic nitrogens is 3. The number of piperazine rings is 1. The Labute approximate surface area is 406 Å². The Balaban J connectivity index is 0.868. The van der Waals surface area contributed by atoms with Crippen molar-refractivity contribution >= 4 is 39.4 Å². The molecule has 0 spiro atoms. The van der Waals surface area contributed by atoms with Crippen LogP contribution in [0.5, 0.6) is 11.5 Å². The molecule has 6 heterocycles. The van der Waals surface area contributed by atoms with E-state index in [0.29, 0.717) is 80.4 Å². The van der Waals surface area contributed by atoms with Gasteiger partial charge in [0.25, 0.3) is 5.91 Å². The van der Waals surface area contributed by atoms with E-state index in [9.17, 15) is 23.9 Å². The van der Waals surface area contributed by atoms with E-state index in [1.807, 2.05) is 62.7 Å². The van der Waals surface area contributed by atoms with Crippen molar-refractivity contribution in [2.24, 2.45) is 0 Å². The van der Waals surface area contributed by atoms with E-state index < -0.39 is 23.8 Å². The molecule has 2 N–H and O–H groups in total. The minimum atomic E-state index is -1.31. The molecule has 2 saturated heterocycles. The number of amides is 3. The number of halogens is 2. The quantitative estimate of drug-likeness (QED) is 0.0570. The van der Waals surface area contributed by atoms with Gasteiger partial charge in [-0.1, -0.05) is 18.2 Å². The van der Waals surface area contributed by atoms with E-state index in [1.165, 1.54) is 17.0 Å². The highest BCUT2D eigenvalue weighted by Crippen LogP contribution is 2.43. The van der Waals surface area contributed by atoms with Crippen LogP contribution in [-0.4, -0.2) is 116 Å². The fraction of sp³-hybridized carbons (Fsp3) is 0.444. The second-order valence-electron chi connectivity index (χ2n) is 19.9. The first-order valence-corrected chi connectivity index (χ1v) is 24.6. The van der Waals surface area contributed by atoms with Crippen molar-refractivity contribution in [1.82, 2.24) is 34.4 Å². The van der Waals surface area contributed by atoms with E-state index >= 15 is 4.39 Å². The molecule has 0 bridgehead atoms. The highest BCUT2D eigenvalue weighted by Gasteiger charge is 2.40. The van der Waals surface area contributed by atoms with Crippen molar-refractivity contribution in [2.45, 2.75) is 104 Å². The number of aliphatic hydroxyl groups is 1. The molecule has 3 amide bonds. The first-order chi connectivity index (χ1) is 33.7. The largest absolute Gasteiger partial charge is 0.493 e. The standard InChI is InChI=1S/C54H61F2N7O7/c1-33-47(42-12-7-21-63(42)58-33)48-41(56)18-17-38-37(11-8-29-68-44-13-5-9-34-31-35(55)15-16-36(34)44)50(53(67)70-54(2,3)4)61(49(38)48)27-26-59-22-24-60(25-23-59)28-30-69-45-14-6-10-39-40(45)32-62(52(39)66)43-19-20-46(64)57-51(43)65/h5-6,9-10,13-18,31,43,53,67H,7-8,11-12,19-30,32H2,1-4H3,(H,57,64,65). The van der Waals surface area contributed by atoms with Gasteiger partial charge in [-0.3, -0.25) is 34.2 Å². The fourth-order valence-corrected chi connectivity index (χ4v) is 10.9. The molecule has 70 heavy (non-hydrogen) atoms. The third kappa shape index (κ3) is 9.41. The van der Waals surface area contributed by atoms with E-state index in [4.69, 9.17) is 19.3 Å². The average molecular weight is 958 g/mol. The van der Waals surface area contributed by atoms with Crippen molar-refractivity contribution in [3.63, 3.8) is 0 Å².